The van der Waals surface area contributed by atoms with Crippen molar-refractivity contribution in [2.24, 2.45) is 0 Å². The van der Waals surface area contributed by atoms with Crippen LogP contribution in [-0.2, 0) is 9.59 Å². The summed E-state index contributed by atoms with van der Waals surface area (Å²) in [6.45, 7) is 1.42. The van der Waals surface area contributed by atoms with Crippen LogP contribution >= 0.6 is 46.9 Å². The van der Waals surface area contributed by atoms with Gasteiger partial charge in [0.05, 0.1) is 14.1 Å². The molecule has 9 heteroatoms. The second kappa shape index (κ2) is 6.72. The summed E-state index contributed by atoms with van der Waals surface area (Å²) >= 11 is 13.5. The number of carbonyl (C=O) groups excluding carboxylic acids is 1. The van der Waals surface area contributed by atoms with Gasteiger partial charge in [0.25, 0.3) is 5.91 Å². The van der Waals surface area contributed by atoms with Crippen LogP contribution in [-0.4, -0.2) is 32.2 Å². The van der Waals surface area contributed by atoms with Gasteiger partial charge < -0.3 is 9.52 Å². The molecule has 0 aromatic carbocycles. The van der Waals surface area contributed by atoms with E-state index in [0.29, 0.717) is 20.8 Å². The zero-order valence-corrected chi connectivity index (χ0v) is 15.4. The molecule has 1 aliphatic rings. The van der Waals surface area contributed by atoms with Gasteiger partial charge in [-0.2, -0.15) is 0 Å². The Morgan fingerprint density at radius 3 is 2.79 bits per heavy atom. The number of amides is 1. The highest BCUT2D eigenvalue weighted by molar-refractivity contribution is 8.26. The van der Waals surface area contributed by atoms with E-state index in [1.807, 2.05) is 6.07 Å². The first-order chi connectivity index (χ1) is 11.4. The van der Waals surface area contributed by atoms with Crippen molar-refractivity contribution >= 4 is 69.2 Å². The quantitative estimate of drug-likeness (QED) is 0.609. The molecule has 24 heavy (non-hydrogen) atoms. The van der Waals surface area contributed by atoms with Crippen LogP contribution in [0.2, 0.25) is 4.34 Å². The number of hydrogen-bond acceptors (Lipinski definition) is 6. The number of furan rings is 1. The minimum Gasteiger partial charge on any atom is -0.480 e. The van der Waals surface area contributed by atoms with Gasteiger partial charge in [-0.05, 0) is 31.2 Å². The van der Waals surface area contributed by atoms with Crippen LogP contribution in [0.3, 0.4) is 0 Å². The van der Waals surface area contributed by atoms with Crippen molar-refractivity contribution in [2.45, 2.75) is 13.0 Å². The van der Waals surface area contributed by atoms with Gasteiger partial charge in [-0.15, -0.1) is 11.3 Å². The number of halogens is 1. The predicted octanol–water partition coefficient (Wildman–Crippen LogP) is 4.34. The molecule has 1 N–H and O–H groups in total. The Kier molecular flexibility index (Phi) is 4.82. The largest absolute Gasteiger partial charge is 0.480 e. The molecule has 1 fully saturated rings. The molecule has 2 aromatic rings. The van der Waals surface area contributed by atoms with Gasteiger partial charge in [0.2, 0.25) is 0 Å². The summed E-state index contributed by atoms with van der Waals surface area (Å²) < 4.78 is 6.58. The maximum absolute atomic E-state index is 12.4. The molecule has 0 aliphatic carbocycles. The fraction of sp³-hybridized carbons (Fsp3) is 0.133. The molecule has 1 unspecified atom stereocenters. The van der Waals surface area contributed by atoms with Gasteiger partial charge in [0.15, 0.2) is 0 Å². The lowest BCUT2D eigenvalue weighted by molar-refractivity contribution is -0.144. The molecule has 0 radical (unpaired) electrons. The van der Waals surface area contributed by atoms with Crippen LogP contribution < -0.4 is 0 Å². The van der Waals surface area contributed by atoms with E-state index in [-0.39, 0.29) is 4.32 Å². The van der Waals surface area contributed by atoms with Crippen LogP contribution in [0.5, 0.6) is 0 Å². The number of rotatable bonds is 4. The van der Waals surface area contributed by atoms with Gasteiger partial charge in [0, 0.05) is 6.08 Å². The lowest BCUT2D eigenvalue weighted by atomic mass is 10.3. The van der Waals surface area contributed by atoms with E-state index < -0.39 is 17.9 Å². The topological polar surface area (TPSA) is 70.8 Å². The van der Waals surface area contributed by atoms with Crippen LogP contribution in [0.1, 0.15) is 12.7 Å². The van der Waals surface area contributed by atoms with E-state index in [4.69, 9.17) is 33.3 Å². The van der Waals surface area contributed by atoms with Crippen molar-refractivity contribution in [3.8, 4) is 10.6 Å². The average Bonchev–Trinajstić information content (AvgIpc) is 3.20. The minimum absolute atomic E-state index is 0.220. The maximum atomic E-state index is 12.4. The summed E-state index contributed by atoms with van der Waals surface area (Å²) in [4.78, 5) is 25.8. The lowest BCUT2D eigenvalue weighted by Crippen LogP contribution is -2.41. The normalized spacial score (nSPS) is 17.8. The summed E-state index contributed by atoms with van der Waals surface area (Å²) in [6, 6.07) is 6.14. The average molecular weight is 400 g/mol. The number of aliphatic carboxylic acids is 1. The molecule has 0 saturated carbocycles. The zero-order valence-electron chi connectivity index (χ0n) is 12.2. The Hall–Kier alpha value is -1.61. The molecule has 1 aliphatic heterocycles. The van der Waals surface area contributed by atoms with Gasteiger partial charge in [-0.3, -0.25) is 9.69 Å². The van der Waals surface area contributed by atoms with Gasteiger partial charge >= 0.3 is 5.97 Å². The summed E-state index contributed by atoms with van der Waals surface area (Å²) in [5.41, 5.74) is 0. The second-order valence-corrected chi connectivity index (χ2v) is 8.26. The van der Waals surface area contributed by atoms with Crippen molar-refractivity contribution < 1.29 is 19.1 Å². The van der Waals surface area contributed by atoms with Gasteiger partial charge in [-0.25, -0.2) is 4.79 Å². The summed E-state index contributed by atoms with van der Waals surface area (Å²) in [5.74, 6) is -0.412. The fourth-order valence-corrected chi connectivity index (χ4v) is 4.47. The highest BCUT2D eigenvalue weighted by Crippen LogP contribution is 2.36. The molecule has 0 bridgehead atoms. The van der Waals surface area contributed by atoms with Crippen molar-refractivity contribution in [2.75, 3.05) is 0 Å². The van der Waals surface area contributed by atoms with Gasteiger partial charge in [0.1, 0.15) is 21.9 Å². The Morgan fingerprint density at radius 2 is 2.17 bits per heavy atom. The molecule has 124 valence electrons. The fourth-order valence-electron chi connectivity index (χ4n) is 2.06. The van der Waals surface area contributed by atoms with E-state index >= 15 is 0 Å². The third-order valence-corrected chi connectivity index (χ3v) is 5.86. The van der Waals surface area contributed by atoms with E-state index in [1.54, 1.807) is 24.3 Å². The predicted molar refractivity (Wildman–Crippen MR) is 99.1 cm³/mol. The lowest BCUT2D eigenvalue weighted by Gasteiger charge is -2.18. The van der Waals surface area contributed by atoms with Crippen molar-refractivity contribution in [1.82, 2.24) is 4.90 Å². The summed E-state index contributed by atoms with van der Waals surface area (Å²) in [7, 11) is 0. The van der Waals surface area contributed by atoms with E-state index in [0.717, 1.165) is 21.5 Å². The highest BCUT2D eigenvalue weighted by Gasteiger charge is 2.38. The number of thioether (sulfide) groups is 1. The van der Waals surface area contributed by atoms with Crippen LogP contribution in [0.25, 0.3) is 16.7 Å². The number of hydrogen-bond donors (Lipinski definition) is 1. The van der Waals surface area contributed by atoms with Gasteiger partial charge in [-0.1, -0.05) is 35.6 Å². The molecular formula is C15H10ClNO4S3. The van der Waals surface area contributed by atoms with Crippen molar-refractivity contribution in [3.05, 3.63) is 39.3 Å². The molecule has 3 heterocycles. The number of carbonyl (C=O) groups is 2. The smallest absolute Gasteiger partial charge is 0.326 e. The first kappa shape index (κ1) is 17.2. The molecule has 5 nitrogen and oxygen atoms in total. The first-order valence-corrected chi connectivity index (χ1v) is 9.14. The molecule has 1 saturated heterocycles. The molecule has 0 spiro atoms. The number of nitrogens with zero attached hydrogens (tertiary/aromatic N) is 1. The minimum atomic E-state index is -1.11. The summed E-state index contributed by atoms with van der Waals surface area (Å²) in [5, 5.41) is 9.07. The Balaban J connectivity index is 1.85. The van der Waals surface area contributed by atoms with Crippen molar-refractivity contribution in [3.63, 3.8) is 0 Å². The third-order valence-electron chi connectivity index (χ3n) is 3.28. The molecule has 1 amide bonds. The highest BCUT2D eigenvalue weighted by atomic mass is 35.5. The number of thiocarbonyl (C=S) groups is 1. The Labute approximate surface area is 155 Å². The monoisotopic (exact) mass is 399 g/mol. The number of carboxylic acids is 1. The molecular weight excluding hydrogens is 390 g/mol. The third kappa shape index (κ3) is 3.27. The van der Waals surface area contributed by atoms with E-state index in [2.05, 4.69) is 0 Å². The van der Waals surface area contributed by atoms with Crippen molar-refractivity contribution in [1.29, 1.82) is 0 Å². The SMILES string of the molecule is CC(C(=O)O)N1C(=O)C(=Cc2ccc(-c3ccc(Cl)s3)o2)SC1=S. The molecule has 3 rings (SSSR count). The number of carboxylic acid groups (broad SMARTS) is 1. The molecule has 2 aromatic heterocycles. The standard InChI is InChI=1S/C15H10ClNO4S3/c1-7(14(19)20)17-13(18)11(24-15(17)22)6-8-2-3-9(21-8)10-4-5-12(16)23-10/h2-7H,1H3,(H,19,20). The first-order valence-electron chi connectivity index (χ1n) is 6.72. The maximum Gasteiger partial charge on any atom is 0.326 e. The zero-order chi connectivity index (χ0) is 17.4. The Morgan fingerprint density at radius 1 is 1.42 bits per heavy atom. The van der Waals surface area contributed by atoms with Crippen LogP contribution in [0, 0.1) is 0 Å². The van der Waals surface area contributed by atoms with E-state index in [9.17, 15) is 9.59 Å². The van der Waals surface area contributed by atoms with E-state index in [1.165, 1.54) is 18.3 Å². The Bertz CT molecular complexity index is 870. The van der Waals surface area contributed by atoms with Crippen LogP contribution in [0.15, 0.2) is 33.6 Å². The second-order valence-electron chi connectivity index (χ2n) is 4.87. The molecule has 1 atom stereocenters. The van der Waals surface area contributed by atoms with Crippen LogP contribution in [0.4, 0.5) is 0 Å². The number of thiophene rings is 1. The summed E-state index contributed by atoms with van der Waals surface area (Å²) in [6.07, 6.45) is 1.56.